The van der Waals surface area contributed by atoms with Gasteiger partial charge >= 0.3 is 5.97 Å². The van der Waals surface area contributed by atoms with Crippen molar-refractivity contribution in [2.24, 2.45) is 0 Å². The Kier molecular flexibility index (Phi) is 4.58. The molecular formula is C22H20N2O5S. The van der Waals surface area contributed by atoms with Crippen LogP contribution in [0.2, 0.25) is 0 Å². The van der Waals surface area contributed by atoms with Gasteiger partial charge in [-0.2, -0.15) is 0 Å². The number of ether oxygens (including phenoxy) is 2. The van der Waals surface area contributed by atoms with E-state index in [9.17, 15) is 9.59 Å². The van der Waals surface area contributed by atoms with E-state index in [1.165, 1.54) is 18.4 Å². The van der Waals surface area contributed by atoms with Crippen molar-refractivity contribution < 1.29 is 23.6 Å². The standard InChI is InChI=1S/C22H20N2O5S/c1-11-8-13-9-12(6-7-16(13)28-11)17-10-15(24-29-17)20(25)23-21-19(22(26)27-2)14-4-3-5-18(14)30-21/h6-7,9-11H,3-5,8H2,1-2H3,(H,23,25)/t11-/m0/s1. The minimum Gasteiger partial charge on any atom is -0.490 e. The Morgan fingerprint density at radius 2 is 2.13 bits per heavy atom. The van der Waals surface area contributed by atoms with E-state index in [0.29, 0.717) is 16.3 Å². The Morgan fingerprint density at radius 3 is 2.97 bits per heavy atom. The van der Waals surface area contributed by atoms with Crippen LogP contribution in [0.25, 0.3) is 11.3 Å². The van der Waals surface area contributed by atoms with Crippen LogP contribution in [0, 0.1) is 0 Å². The number of aromatic nitrogens is 1. The van der Waals surface area contributed by atoms with Crippen molar-refractivity contribution in [2.45, 2.75) is 38.7 Å². The summed E-state index contributed by atoms with van der Waals surface area (Å²) in [6.45, 7) is 2.03. The van der Waals surface area contributed by atoms with Crippen LogP contribution in [0.5, 0.6) is 5.75 Å². The molecule has 1 aliphatic heterocycles. The summed E-state index contributed by atoms with van der Waals surface area (Å²) >= 11 is 1.43. The van der Waals surface area contributed by atoms with E-state index < -0.39 is 11.9 Å². The number of carbonyl (C=O) groups is 2. The fourth-order valence-corrected chi connectivity index (χ4v) is 5.34. The molecule has 1 atom stereocenters. The third-order valence-corrected chi connectivity index (χ3v) is 6.67. The van der Waals surface area contributed by atoms with Gasteiger partial charge in [0.25, 0.3) is 5.91 Å². The molecule has 1 N–H and O–H groups in total. The Hall–Kier alpha value is -3.13. The lowest BCUT2D eigenvalue weighted by molar-refractivity contribution is 0.0601. The van der Waals surface area contributed by atoms with Crippen molar-refractivity contribution in [3.05, 3.63) is 51.5 Å². The third kappa shape index (κ3) is 3.17. The predicted octanol–water partition coefficient (Wildman–Crippen LogP) is 4.25. The molecule has 5 rings (SSSR count). The van der Waals surface area contributed by atoms with E-state index in [0.717, 1.165) is 53.0 Å². The van der Waals surface area contributed by atoms with Crippen molar-refractivity contribution in [1.29, 1.82) is 0 Å². The van der Waals surface area contributed by atoms with Gasteiger partial charge in [0.2, 0.25) is 0 Å². The Morgan fingerprint density at radius 1 is 1.27 bits per heavy atom. The number of nitrogens with one attached hydrogen (secondary N) is 1. The van der Waals surface area contributed by atoms with E-state index in [-0.39, 0.29) is 11.8 Å². The summed E-state index contributed by atoms with van der Waals surface area (Å²) in [6, 6.07) is 7.40. The number of nitrogens with zero attached hydrogens (tertiary/aromatic N) is 1. The van der Waals surface area contributed by atoms with Crippen molar-refractivity contribution in [3.8, 4) is 17.1 Å². The van der Waals surface area contributed by atoms with Gasteiger partial charge in [0.15, 0.2) is 11.5 Å². The second kappa shape index (κ2) is 7.28. The van der Waals surface area contributed by atoms with Gasteiger partial charge in [-0.3, -0.25) is 4.79 Å². The number of aryl methyl sites for hydroxylation is 1. The number of hydrogen-bond acceptors (Lipinski definition) is 7. The largest absolute Gasteiger partial charge is 0.490 e. The monoisotopic (exact) mass is 424 g/mol. The molecule has 1 amide bonds. The van der Waals surface area contributed by atoms with E-state index in [4.69, 9.17) is 14.0 Å². The summed E-state index contributed by atoms with van der Waals surface area (Å²) in [5.41, 5.74) is 3.54. The van der Waals surface area contributed by atoms with Crippen LogP contribution < -0.4 is 10.1 Å². The van der Waals surface area contributed by atoms with Gasteiger partial charge in [0.1, 0.15) is 16.9 Å². The SMILES string of the molecule is COC(=O)c1c(NC(=O)c2cc(-c3ccc4c(c3)C[C@H](C)O4)on2)sc2c1CCC2. The third-order valence-electron chi connectivity index (χ3n) is 5.46. The summed E-state index contributed by atoms with van der Waals surface area (Å²) in [7, 11) is 1.35. The molecule has 2 aliphatic rings. The molecule has 1 aliphatic carbocycles. The summed E-state index contributed by atoms with van der Waals surface area (Å²) in [6.07, 6.45) is 3.73. The molecule has 1 aromatic carbocycles. The first-order chi connectivity index (χ1) is 14.5. The lowest BCUT2D eigenvalue weighted by Crippen LogP contribution is -2.14. The number of hydrogen-bond donors (Lipinski definition) is 1. The lowest BCUT2D eigenvalue weighted by atomic mass is 10.1. The topological polar surface area (TPSA) is 90.7 Å². The maximum atomic E-state index is 12.8. The van der Waals surface area contributed by atoms with Gasteiger partial charge in [-0.05, 0) is 55.5 Å². The highest BCUT2D eigenvalue weighted by Crippen LogP contribution is 2.40. The Balaban J connectivity index is 1.39. The molecule has 8 heteroatoms. The molecule has 154 valence electrons. The predicted molar refractivity (Wildman–Crippen MR) is 111 cm³/mol. The quantitative estimate of drug-likeness (QED) is 0.630. The zero-order valence-electron chi connectivity index (χ0n) is 16.6. The molecule has 3 heterocycles. The molecule has 0 fully saturated rings. The average molecular weight is 424 g/mol. The van der Waals surface area contributed by atoms with Crippen LogP contribution in [0.3, 0.4) is 0 Å². The Bertz CT molecular complexity index is 1160. The van der Waals surface area contributed by atoms with Crippen LogP contribution in [-0.4, -0.2) is 30.2 Å². The number of amides is 1. The summed E-state index contributed by atoms with van der Waals surface area (Å²) < 4.78 is 16.1. The number of carbonyl (C=O) groups excluding carboxylic acids is 2. The molecule has 3 aromatic rings. The van der Waals surface area contributed by atoms with Crippen LogP contribution in [0.4, 0.5) is 5.00 Å². The van der Waals surface area contributed by atoms with Gasteiger partial charge < -0.3 is 19.3 Å². The second-order valence-corrected chi connectivity index (χ2v) is 8.64. The summed E-state index contributed by atoms with van der Waals surface area (Å²) in [4.78, 5) is 26.2. The normalized spacial score (nSPS) is 16.7. The van der Waals surface area contributed by atoms with E-state index in [2.05, 4.69) is 10.5 Å². The summed E-state index contributed by atoms with van der Waals surface area (Å²) in [5.74, 6) is 0.530. The Labute approximate surface area is 177 Å². The molecule has 30 heavy (non-hydrogen) atoms. The molecular weight excluding hydrogens is 404 g/mol. The maximum Gasteiger partial charge on any atom is 0.341 e. The van der Waals surface area contributed by atoms with E-state index >= 15 is 0 Å². The molecule has 2 aromatic heterocycles. The van der Waals surface area contributed by atoms with E-state index in [1.54, 1.807) is 6.07 Å². The maximum absolute atomic E-state index is 12.8. The zero-order chi connectivity index (χ0) is 20.8. The average Bonchev–Trinajstić information content (AvgIpc) is 3.49. The van der Waals surface area contributed by atoms with Gasteiger partial charge in [0, 0.05) is 22.9 Å². The first-order valence-corrected chi connectivity index (χ1v) is 10.7. The number of thiophene rings is 1. The van der Waals surface area contributed by atoms with Crippen molar-refractivity contribution in [2.75, 3.05) is 12.4 Å². The van der Waals surface area contributed by atoms with Crippen molar-refractivity contribution in [1.82, 2.24) is 5.16 Å². The van der Waals surface area contributed by atoms with Gasteiger partial charge in [-0.15, -0.1) is 11.3 Å². The first kappa shape index (κ1) is 18.9. The molecule has 0 bridgehead atoms. The first-order valence-electron chi connectivity index (χ1n) is 9.84. The molecule has 0 saturated heterocycles. The molecule has 0 unspecified atom stereocenters. The number of methoxy groups -OCH3 is 1. The van der Waals surface area contributed by atoms with Crippen LogP contribution >= 0.6 is 11.3 Å². The smallest absolute Gasteiger partial charge is 0.341 e. The van der Waals surface area contributed by atoms with Gasteiger partial charge in [-0.25, -0.2) is 4.79 Å². The van der Waals surface area contributed by atoms with Gasteiger partial charge in [0.05, 0.1) is 12.7 Å². The number of anilines is 1. The second-order valence-electron chi connectivity index (χ2n) is 7.54. The molecule has 0 saturated carbocycles. The number of benzene rings is 1. The minimum absolute atomic E-state index is 0.152. The number of fused-ring (bicyclic) bond motifs is 2. The summed E-state index contributed by atoms with van der Waals surface area (Å²) in [5, 5.41) is 7.25. The molecule has 7 nitrogen and oxygen atoms in total. The fourth-order valence-electron chi connectivity index (χ4n) is 4.07. The number of esters is 1. The lowest BCUT2D eigenvalue weighted by Gasteiger charge is -2.05. The van der Waals surface area contributed by atoms with Gasteiger partial charge in [-0.1, -0.05) is 5.16 Å². The van der Waals surface area contributed by atoms with Crippen LogP contribution in [-0.2, 0) is 24.0 Å². The van der Waals surface area contributed by atoms with Crippen molar-refractivity contribution in [3.63, 3.8) is 0 Å². The highest BCUT2D eigenvalue weighted by molar-refractivity contribution is 7.17. The molecule has 0 spiro atoms. The fraction of sp³-hybridized carbons (Fsp3) is 0.318. The minimum atomic E-state index is -0.430. The highest BCUT2D eigenvalue weighted by atomic mass is 32.1. The van der Waals surface area contributed by atoms with Crippen molar-refractivity contribution >= 4 is 28.2 Å². The zero-order valence-corrected chi connectivity index (χ0v) is 17.4. The van der Waals surface area contributed by atoms with E-state index in [1.807, 2.05) is 25.1 Å². The highest BCUT2D eigenvalue weighted by Gasteiger charge is 2.29. The molecule has 0 radical (unpaired) electrons. The van der Waals surface area contributed by atoms with Crippen LogP contribution in [0.15, 0.2) is 28.8 Å². The van der Waals surface area contributed by atoms with Crippen LogP contribution in [0.1, 0.15) is 50.2 Å². The number of rotatable bonds is 4.